The maximum atomic E-state index is 10.8. The van der Waals surface area contributed by atoms with Crippen molar-refractivity contribution in [3.05, 3.63) is 23.9 Å². The number of nitrogens with two attached hydrogens (primary N) is 2. The number of amides is 2. The predicted octanol–water partition coefficient (Wildman–Crippen LogP) is 0.248. The van der Waals surface area contributed by atoms with E-state index < -0.39 is 5.91 Å². The summed E-state index contributed by atoms with van der Waals surface area (Å²) in [5, 5.41) is 3.07. The highest BCUT2D eigenvalue weighted by molar-refractivity contribution is 5.92. The number of nitrogens with zero attached hydrogens (tertiary/aromatic N) is 1. The van der Waals surface area contributed by atoms with E-state index in [9.17, 15) is 9.59 Å². The highest BCUT2D eigenvalue weighted by Gasteiger charge is 2.00. The van der Waals surface area contributed by atoms with Crippen LogP contribution < -0.4 is 16.8 Å². The molecule has 1 heterocycles. The van der Waals surface area contributed by atoms with E-state index in [4.69, 9.17) is 11.5 Å². The summed E-state index contributed by atoms with van der Waals surface area (Å²) in [5.74, 6) is -0.103. The first-order chi connectivity index (χ1) is 8.09. The number of carbonyl (C=O) groups is 2. The fourth-order valence-corrected chi connectivity index (χ4v) is 1.28. The van der Waals surface area contributed by atoms with Crippen molar-refractivity contribution in [2.75, 3.05) is 11.9 Å². The van der Waals surface area contributed by atoms with Gasteiger partial charge in [-0.1, -0.05) is 0 Å². The van der Waals surface area contributed by atoms with Crippen LogP contribution in [0, 0.1) is 0 Å². The van der Waals surface area contributed by atoms with Gasteiger partial charge in [0.05, 0.1) is 5.56 Å². The third-order valence-electron chi connectivity index (χ3n) is 2.20. The van der Waals surface area contributed by atoms with Gasteiger partial charge in [0.15, 0.2) is 0 Å². The topological polar surface area (TPSA) is 111 Å². The minimum Gasteiger partial charge on any atom is -0.370 e. The van der Waals surface area contributed by atoms with Crippen molar-refractivity contribution in [2.24, 2.45) is 11.5 Å². The fourth-order valence-electron chi connectivity index (χ4n) is 1.28. The predicted molar refractivity (Wildman–Crippen MR) is 64.3 cm³/mol. The van der Waals surface area contributed by atoms with E-state index in [0.29, 0.717) is 24.3 Å². The molecule has 6 heteroatoms. The summed E-state index contributed by atoms with van der Waals surface area (Å²) in [5.41, 5.74) is 10.5. The van der Waals surface area contributed by atoms with Gasteiger partial charge >= 0.3 is 0 Å². The molecule has 0 unspecified atom stereocenters. The van der Waals surface area contributed by atoms with E-state index in [1.165, 1.54) is 6.20 Å². The molecule has 1 aromatic rings. The Hall–Kier alpha value is -2.11. The number of unbranched alkanes of at least 4 members (excludes halogenated alkanes) is 1. The molecule has 6 nitrogen and oxygen atoms in total. The van der Waals surface area contributed by atoms with Crippen molar-refractivity contribution in [1.29, 1.82) is 0 Å². The first-order valence-electron chi connectivity index (χ1n) is 5.37. The molecule has 0 radical (unpaired) electrons. The van der Waals surface area contributed by atoms with Crippen molar-refractivity contribution in [3.8, 4) is 0 Å². The van der Waals surface area contributed by atoms with Crippen molar-refractivity contribution in [1.82, 2.24) is 4.98 Å². The van der Waals surface area contributed by atoms with Crippen LogP contribution in [0.15, 0.2) is 18.3 Å². The second-order valence-electron chi connectivity index (χ2n) is 3.65. The van der Waals surface area contributed by atoms with Gasteiger partial charge in [-0.25, -0.2) is 4.98 Å². The second kappa shape index (κ2) is 6.47. The number of hydrogen-bond acceptors (Lipinski definition) is 4. The summed E-state index contributed by atoms with van der Waals surface area (Å²) in [6.07, 6.45) is 3.41. The van der Waals surface area contributed by atoms with E-state index >= 15 is 0 Å². The Bertz CT molecular complexity index is 389. The SMILES string of the molecule is NC(=O)CCCCNc1ccc(C(N)=O)cn1. The monoisotopic (exact) mass is 236 g/mol. The molecule has 0 atom stereocenters. The summed E-state index contributed by atoms with van der Waals surface area (Å²) in [6.45, 7) is 0.705. The first kappa shape index (κ1) is 13.0. The molecule has 0 saturated carbocycles. The van der Waals surface area contributed by atoms with Crippen molar-refractivity contribution >= 4 is 17.6 Å². The normalized spacial score (nSPS) is 9.88. The Labute approximate surface area is 99.4 Å². The van der Waals surface area contributed by atoms with Crippen molar-refractivity contribution < 1.29 is 9.59 Å². The standard InChI is InChI=1S/C11H16N4O2/c12-9(16)3-1-2-6-14-10-5-4-8(7-15-10)11(13)17/h4-5,7H,1-3,6H2,(H2,12,16)(H2,13,17)(H,14,15). The van der Waals surface area contributed by atoms with Gasteiger partial charge in [0.25, 0.3) is 0 Å². The number of primary amides is 2. The van der Waals surface area contributed by atoms with Gasteiger partial charge in [-0.2, -0.15) is 0 Å². The Morgan fingerprint density at radius 2 is 2.00 bits per heavy atom. The molecule has 92 valence electrons. The van der Waals surface area contributed by atoms with Crippen molar-refractivity contribution in [2.45, 2.75) is 19.3 Å². The number of nitrogens with one attached hydrogen (secondary N) is 1. The van der Waals surface area contributed by atoms with Gasteiger partial charge < -0.3 is 16.8 Å². The Morgan fingerprint density at radius 3 is 2.53 bits per heavy atom. The number of aromatic nitrogens is 1. The third-order valence-corrected chi connectivity index (χ3v) is 2.20. The molecule has 0 saturated heterocycles. The average molecular weight is 236 g/mol. The average Bonchev–Trinajstić information content (AvgIpc) is 2.29. The maximum absolute atomic E-state index is 10.8. The lowest BCUT2D eigenvalue weighted by molar-refractivity contribution is -0.118. The molecule has 17 heavy (non-hydrogen) atoms. The van der Waals surface area contributed by atoms with E-state index in [1.54, 1.807) is 12.1 Å². The number of pyridine rings is 1. The molecule has 1 aromatic heterocycles. The van der Waals surface area contributed by atoms with E-state index in [0.717, 1.165) is 12.8 Å². The van der Waals surface area contributed by atoms with Gasteiger partial charge in [0.1, 0.15) is 5.82 Å². The largest absolute Gasteiger partial charge is 0.370 e. The Balaban J connectivity index is 2.27. The van der Waals surface area contributed by atoms with E-state index in [1.807, 2.05) is 0 Å². The summed E-state index contributed by atoms with van der Waals surface area (Å²) >= 11 is 0. The van der Waals surface area contributed by atoms with Crippen LogP contribution in [0.1, 0.15) is 29.6 Å². The number of hydrogen-bond donors (Lipinski definition) is 3. The van der Waals surface area contributed by atoms with E-state index in [-0.39, 0.29) is 5.91 Å². The minimum absolute atomic E-state index is 0.283. The molecule has 0 bridgehead atoms. The van der Waals surface area contributed by atoms with Crippen LogP contribution in [0.5, 0.6) is 0 Å². The van der Waals surface area contributed by atoms with Gasteiger partial charge in [-0.05, 0) is 25.0 Å². The summed E-state index contributed by atoms with van der Waals surface area (Å²) in [6, 6.07) is 3.30. The second-order valence-corrected chi connectivity index (χ2v) is 3.65. The number of anilines is 1. The number of rotatable bonds is 7. The molecule has 2 amide bonds. The van der Waals surface area contributed by atoms with E-state index in [2.05, 4.69) is 10.3 Å². The van der Waals surface area contributed by atoms with Crippen LogP contribution in [0.25, 0.3) is 0 Å². The highest BCUT2D eigenvalue weighted by atomic mass is 16.1. The molecule has 0 aliphatic rings. The lowest BCUT2D eigenvalue weighted by atomic mass is 10.2. The van der Waals surface area contributed by atoms with Crippen LogP contribution in [0.3, 0.4) is 0 Å². The molecule has 0 fully saturated rings. The summed E-state index contributed by atoms with van der Waals surface area (Å²) in [7, 11) is 0. The minimum atomic E-state index is -0.495. The maximum Gasteiger partial charge on any atom is 0.250 e. The molecular weight excluding hydrogens is 220 g/mol. The Kier molecular flexibility index (Phi) is 4.93. The van der Waals surface area contributed by atoms with Gasteiger partial charge in [0.2, 0.25) is 11.8 Å². The van der Waals surface area contributed by atoms with Crippen molar-refractivity contribution in [3.63, 3.8) is 0 Å². The summed E-state index contributed by atoms with van der Waals surface area (Å²) in [4.78, 5) is 25.3. The molecular formula is C11H16N4O2. The number of carbonyl (C=O) groups excluding carboxylic acids is 2. The smallest absolute Gasteiger partial charge is 0.250 e. The van der Waals surface area contributed by atoms with Gasteiger partial charge in [0, 0.05) is 19.2 Å². The lowest BCUT2D eigenvalue weighted by Gasteiger charge is -2.05. The molecule has 0 aliphatic heterocycles. The van der Waals surface area contributed by atoms with Crippen LogP contribution in [0.4, 0.5) is 5.82 Å². The van der Waals surface area contributed by atoms with Crippen LogP contribution in [-0.4, -0.2) is 23.3 Å². The third kappa shape index (κ3) is 4.96. The Morgan fingerprint density at radius 1 is 1.24 bits per heavy atom. The first-order valence-corrected chi connectivity index (χ1v) is 5.37. The van der Waals surface area contributed by atoms with Gasteiger partial charge in [-0.3, -0.25) is 9.59 Å². The quantitative estimate of drug-likeness (QED) is 0.589. The van der Waals surface area contributed by atoms with Crippen LogP contribution in [-0.2, 0) is 4.79 Å². The van der Waals surface area contributed by atoms with Gasteiger partial charge in [-0.15, -0.1) is 0 Å². The molecule has 0 spiro atoms. The molecule has 0 aromatic carbocycles. The lowest BCUT2D eigenvalue weighted by Crippen LogP contribution is -2.12. The zero-order valence-electron chi connectivity index (χ0n) is 9.48. The summed E-state index contributed by atoms with van der Waals surface area (Å²) < 4.78 is 0. The molecule has 5 N–H and O–H groups in total. The molecule has 1 rings (SSSR count). The molecule has 0 aliphatic carbocycles. The zero-order valence-corrected chi connectivity index (χ0v) is 9.48. The van der Waals surface area contributed by atoms with Crippen LogP contribution >= 0.6 is 0 Å². The van der Waals surface area contributed by atoms with Crippen LogP contribution in [0.2, 0.25) is 0 Å². The fraction of sp³-hybridized carbons (Fsp3) is 0.364. The highest BCUT2D eigenvalue weighted by Crippen LogP contribution is 2.05. The zero-order chi connectivity index (χ0) is 12.7.